The molecule has 2 fully saturated rings. The molecule has 0 atom stereocenters. The molecule has 3 amide bonds. The number of benzene rings is 1. The third-order valence-electron chi connectivity index (χ3n) is 4.21. The lowest BCUT2D eigenvalue weighted by molar-refractivity contribution is -0.132. The second kappa shape index (κ2) is 5.31. The number of amides is 3. The molecule has 0 radical (unpaired) electrons. The van der Waals surface area contributed by atoms with Crippen LogP contribution in [0.3, 0.4) is 0 Å². The summed E-state index contributed by atoms with van der Waals surface area (Å²) in [6.45, 7) is 1.99. The van der Waals surface area contributed by atoms with Gasteiger partial charge in [0.1, 0.15) is 5.54 Å². The van der Waals surface area contributed by atoms with Gasteiger partial charge in [0.25, 0.3) is 5.91 Å². The van der Waals surface area contributed by atoms with Crippen LogP contribution in [0.5, 0.6) is 0 Å². The predicted molar refractivity (Wildman–Crippen MR) is 80.0 cm³/mol. The van der Waals surface area contributed by atoms with E-state index in [0.29, 0.717) is 12.8 Å². The Kier molecular flexibility index (Phi) is 3.49. The second-order valence-electron chi connectivity index (χ2n) is 5.85. The Bertz CT molecular complexity index is 603. The molecular formula is C16H19N3O2. The fourth-order valence-electron chi connectivity index (χ4n) is 3.08. The molecule has 5 nitrogen and oxygen atoms in total. The van der Waals surface area contributed by atoms with Crippen LogP contribution in [0.2, 0.25) is 0 Å². The van der Waals surface area contributed by atoms with E-state index >= 15 is 0 Å². The van der Waals surface area contributed by atoms with Gasteiger partial charge in [0.15, 0.2) is 0 Å². The Morgan fingerprint density at radius 3 is 2.71 bits per heavy atom. The summed E-state index contributed by atoms with van der Waals surface area (Å²) < 4.78 is 0. The fourth-order valence-corrected chi connectivity index (χ4v) is 3.08. The highest BCUT2D eigenvalue weighted by Gasteiger charge is 2.51. The molecule has 1 aliphatic heterocycles. The van der Waals surface area contributed by atoms with E-state index in [1.54, 1.807) is 6.21 Å². The smallest absolute Gasteiger partial charge is 0.321 e. The Labute approximate surface area is 124 Å². The number of carbonyl (C=O) groups excluding carboxylic acids is 2. The average molecular weight is 285 g/mol. The number of aryl methyl sites for hydroxylation is 1. The van der Waals surface area contributed by atoms with Gasteiger partial charge < -0.3 is 5.32 Å². The number of imide groups is 1. The van der Waals surface area contributed by atoms with Crippen molar-refractivity contribution < 1.29 is 9.59 Å². The number of carbonyl (C=O) groups is 2. The lowest BCUT2D eigenvalue weighted by Gasteiger charge is -2.29. The van der Waals surface area contributed by atoms with Crippen LogP contribution in [-0.4, -0.2) is 28.7 Å². The van der Waals surface area contributed by atoms with Crippen molar-refractivity contribution in [1.82, 2.24) is 10.3 Å². The molecule has 21 heavy (non-hydrogen) atoms. The van der Waals surface area contributed by atoms with Gasteiger partial charge in [0.05, 0.1) is 6.21 Å². The Morgan fingerprint density at radius 2 is 2.00 bits per heavy atom. The SMILES string of the molecule is Cc1cccc(/C=N\N2C(=O)NC3(CCCCC3)C2=O)c1. The molecule has 0 aromatic heterocycles. The first-order valence-corrected chi connectivity index (χ1v) is 7.38. The summed E-state index contributed by atoms with van der Waals surface area (Å²) in [7, 11) is 0. The van der Waals surface area contributed by atoms with Crippen molar-refractivity contribution in [2.24, 2.45) is 5.10 Å². The van der Waals surface area contributed by atoms with E-state index in [2.05, 4.69) is 10.4 Å². The normalized spacial score (nSPS) is 21.3. The highest BCUT2D eigenvalue weighted by atomic mass is 16.2. The summed E-state index contributed by atoms with van der Waals surface area (Å²) in [5, 5.41) is 7.91. The molecule has 0 bridgehead atoms. The first-order valence-electron chi connectivity index (χ1n) is 7.38. The van der Waals surface area contributed by atoms with E-state index in [4.69, 9.17) is 0 Å². The number of hydrogen-bond donors (Lipinski definition) is 1. The van der Waals surface area contributed by atoms with Crippen LogP contribution >= 0.6 is 0 Å². The summed E-state index contributed by atoms with van der Waals surface area (Å²) >= 11 is 0. The first-order chi connectivity index (χ1) is 10.1. The van der Waals surface area contributed by atoms with E-state index in [9.17, 15) is 9.59 Å². The topological polar surface area (TPSA) is 61.8 Å². The maximum absolute atomic E-state index is 12.5. The molecule has 3 rings (SSSR count). The van der Waals surface area contributed by atoms with Crippen LogP contribution in [0.15, 0.2) is 29.4 Å². The van der Waals surface area contributed by atoms with Gasteiger partial charge in [-0.05, 0) is 25.3 Å². The summed E-state index contributed by atoms with van der Waals surface area (Å²) in [4.78, 5) is 24.5. The Balaban J connectivity index is 1.79. The molecule has 2 aliphatic rings. The van der Waals surface area contributed by atoms with Crippen molar-refractivity contribution in [3.05, 3.63) is 35.4 Å². The molecule has 1 N–H and O–H groups in total. The van der Waals surface area contributed by atoms with E-state index in [0.717, 1.165) is 35.4 Å². The molecule has 1 aromatic carbocycles. The zero-order chi connectivity index (χ0) is 14.9. The van der Waals surface area contributed by atoms with Crippen LogP contribution in [-0.2, 0) is 4.79 Å². The van der Waals surface area contributed by atoms with Crippen molar-refractivity contribution in [2.75, 3.05) is 0 Å². The van der Waals surface area contributed by atoms with Crippen molar-refractivity contribution in [2.45, 2.75) is 44.6 Å². The van der Waals surface area contributed by atoms with E-state index in [-0.39, 0.29) is 5.91 Å². The van der Waals surface area contributed by atoms with Gasteiger partial charge in [0, 0.05) is 0 Å². The third-order valence-corrected chi connectivity index (χ3v) is 4.21. The lowest BCUT2D eigenvalue weighted by Crippen LogP contribution is -2.48. The van der Waals surface area contributed by atoms with Gasteiger partial charge in [-0.25, -0.2) is 4.79 Å². The number of urea groups is 1. The number of rotatable bonds is 2. The van der Waals surface area contributed by atoms with E-state index < -0.39 is 11.6 Å². The first kappa shape index (κ1) is 13.8. The zero-order valence-electron chi connectivity index (χ0n) is 12.1. The monoisotopic (exact) mass is 285 g/mol. The summed E-state index contributed by atoms with van der Waals surface area (Å²) in [6, 6.07) is 7.35. The number of hydrogen-bond acceptors (Lipinski definition) is 3. The zero-order valence-corrected chi connectivity index (χ0v) is 12.1. The minimum Gasteiger partial charge on any atom is -0.321 e. The maximum atomic E-state index is 12.5. The van der Waals surface area contributed by atoms with Gasteiger partial charge in [-0.15, -0.1) is 5.01 Å². The third kappa shape index (κ3) is 2.55. The van der Waals surface area contributed by atoms with Gasteiger partial charge in [0.2, 0.25) is 0 Å². The van der Waals surface area contributed by atoms with Crippen LogP contribution in [0.1, 0.15) is 43.2 Å². The summed E-state index contributed by atoms with van der Waals surface area (Å²) in [6.07, 6.45) is 6.06. The van der Waals surface area contributed by atoms with E-state index in [1.807, 2.05) is 31.2 Å². The maximum Gasteiger partial charge on any atom is 0.346 e. The molecule has 110 valence electrons. The number of hydrazone groups is 1. The van der Waals surface area contributed by atoms with Crippen LogP contribution in [0.25, 0.3) is 0 Å². The summed E-state index contributed by atoms with van der Waals surface area (Å²) in [5.74, 6) is -0.212. The molecule has 1 aromatic rings. The van der Waals surface area contributed by atoms with Crippen LogP contribution in [0, 0.1) is 6.92 Å². The van der Waals surface area contributed by atoms with Gasteiger partial charge >= 0.3 is 6.03 Å². The van der Waals surface area contributed by atoms with Gasteiger partial charge in [-0.1, -0.05) is 49.1 Å². The second-order valence-corrected chi connectivity index (χ2v) is 5.85. The molecule has 1 saturated heterocycles. The molecule has 1 heterocycles. The minimum atomic E-state index is -0.709. The van der Waals surface area contributed by atoms with Crippen LogP contribution < -0.4 is 5.32 Å². The quantitative estimate of drug-likeness (QED) is 0.670. The fraction of sp³-hybridized carbons (Fsp3) is 0.438. The molecule has 1 aliphatic carbocycles. The molecule has 1 spiro atoms. The summed E-state index contributed by atoms with van der Waals surface area (Å²) in [5.41, 5.74) is 1.28. The van der Waals surface area contributed by atoms with Gasteiger partial charge in [-0.3, -0.25) is 4.79 Å². The van der Waals surface area contributed by atoms with Crippen molar-refractivity contribution in [3.63, 3.8) is 0 Å². The minimum absolute atomic E-state index is 0.212. The number of nitrogens with zero attached hydrogens (tertiary/aromatic N) is 2. The standard InChI is InChI=1S/C16H19N3O2/c1-12-6-5-7-13(10-12)11-17-19-14(20)16(18-15(19)21)8-3-2-4-9-16/h5-7,10-11H,2-4,8-9H2,1H3,(H,18,21)/b17-11-. The van der Waals surface area contributed by atoms with E-state index in [1.165, 1.54) is 0 Å². The molecule has 1 saturated carbocycles. The highest BCUT2D eigenvalue weighted by Crippen LogP contribution is 2.33. The lowest BCUT2D eigenvalue weighted by atomic mass is 9.82. The molecular weight excluding hydrogens is 266 g/mol. The highest BCUT2D eigenvalue weighted by molar-refractivity contribution is 6.07. The van der Waals surface area contributed by atoms with Gasteiger partial charge in [-0.2, -0.15) is 5.10 Å². The Hall–Kier alpha value is -2.17. The van der Waals surface area contributed by atoms with Crippen molar-refractivity contribution >= 4 is 18.2 Å². The van der Waals surface area contributed by atoms with Crippen molar-refractivity contribution in [3.8, 4) is 0 Å². The largest absolute Gasteiger partial charge is 0.346 e. The molecule has 0 unspecified atom stereocenters. The van der Waals surface area contributed by atoms with Crippen molar-refractivity contribution in [1.29, 1.82) is 0 Å². The predicted octanol–water partition coefficient (Wildman–Crippen LogP) is 2.58. The van der Waals surface area contributed by atoms with Crippen LogP contribution in [0.4, 0.5) is 4.79 Å². The molecule has 5 heteroatoms. The average Bonchev–Trinajstić information content (AvgIpc) is 2.69. The Morgan fingerprint density at radius 1 is 1.24 bits per heavy atom. The number of nitrogens with one attached hydrogen (secondary N) is 1.